The molecule has 0 radical (unpaired) electrons. The fourth-order valence-electron chi connectivity index (χ4n) is 1.91. The molecule has 0 aliphatic heterocycles. The predicted octanol–water partition coefficient (Wildman–Crippen LogP) is 3.77. The largest absolute Gasteiger partial charge is 0.342 e. The van der Waals surface area contributed by atoms with Gasteiger partial charge in [-0.05, 0) is 42.5 Å². The zero-order chi connectivity index (χ0) is 11.9. The Balaban J connectivity index is 2.44. The second kappa shape index (κ2) is 3.62. The highest BCUT2D eigenvalue weighted by molar-refractivity contribution is 5.77. The summed E-state index contributed by atoms with van der Waals surface area (Å²) in [5, 5.41) is 0. The van der Waals surface area contributed by atoms with Crippen molar-refractivity contribution in [1.82, 2.24) is 9.97 Å². The van der Waals surface area contributed by atoms with E-state index in [1.54, 1.807) is 0 Å². The standard InChI is InChI=1S/C14H20N2/c1-9-6-11-12(7-10(9)2)16-13(15-11)8-14(3,4)5/h6-7H,8H2,1-5H3,(H,15,16). The zero-order valence-electron chi connectivity index (χ0n) is 10.8. The maximum Gasteiger partial charge on any atom is 0.107 e. The summed E-state index contributed by atoms with van der Waals surface area (Å²) in [5.74, 6) is 1.09. The van der Waals surface area contributed by atoms with Crippen molar-refractivity contribution in [2.24, 2.45) is 5.41 Å². The third-order valence-corrected chi connectivity index (χ3v) is 2.84. The van der Waals surface area contributed by atoms with Crippen LogP contribution in [0.3, 0.4) is 0 Å². The van der Waals surface area contributed by atoms with Crippen LogP contribution in [-0.4, -0.2) is 9.97 Å². The number of aromatic amines is 1. The molecule has 0 saturated heterocycles. The molecule has 0 aliphatic carbocycles. The molecule has 1 heterocycles. The van der Waals surface area contributed by atoms with Crippen LogP contribution in [0.1, 0.15) is 37.7 Å². The lowest BCUT2D eigenvalue weighted by molar-refractivity contribution is 0.402. The number of rotatable bonds is 1. The van der Waals surface area contributed by atoms with Gasteiger partial charge in [0.1, 0.15) is 5.82 Å². The van der Waals surface area contributed by atoms with Gasteiger partial charge >= 0.3 is 0 Å². The highest BCUT2D eigenvalue weighted by Crippen LogP contribution is 2.22. The lowest BCUT2D eigenvalue weighted by atomic mass is 9.92. The number of aromatic nitrogens is 2. The van der Waals surface area contributed by atoms with Gasteiger partial charge < -0.3 is 4.98 Å². The summed E-state index contributed by atoms with van der Waals surface area (Å²) < 4.78 is 0. The van der Waals surface area contributed by atoms with Crippen LogP contribution >= 0.6 is 0 Å². The van der Waals surface area contributed by atoms with Crippen LogP contribution < -0.4 is 0 Å². The average Bonchev–Trinajstić information content (AvgIpc) is 2.44. The second-order valence-corrected chi connectivity index (χ2v) is 5.87. The van der Waals surface area contributed by atoms with Crippen LogP contribution in [0.4, 0.5) is 0 Å². The van der Waals surface area contributed by atoms with E-state index < -0.39 is 0 Å². The molecule has 0 spiro atoms. The van der Waals surface area contributed by atoms with Gasteiger partial charge in [0.25, 0.3) is 0 Å². The van der Waals surface area contributed by atoms with Gasteiger partial charge in [-0.15, -0.1) is 0 Å². The number of H-pyrrole nitrogens is 1. The summed E-state index contributed by atoms with van der Waals surface area (Å²) in [6.45, 7) is 11.0. The fourth-order valence-corrected chi connectivity index (χ4v) is 1.91. The number of imidazole rings is 1. The van der Waals surface area contributed by atoms with Gasteiger partial charge in [0.15, 0.2) is 0 Å². The molecule has 0 aliphatic rings. The molecule has 0 bridgehead atoms. The molecule has 86 valence electrons. The van der Waals surface area contributed by atoms with Crippen molar-refractivity contribution in [3.63, 3.8) is 0 Å². The molecule has 0 atom stereocenters. The molecule has 2 rings (SSSR count). The molecule has 2 heteroatoms. The number of fused-ring (bicyclic) bond motifs is 1. The van der Waals surface area contributed by atoms with E-state index in [0.29, 0.717) is 0 Å². The Morgan fingerprint density at radius 3 is 2.38 bits per heavy atom. The topological polar surface area (TPSA) is 28.7 Å². The van der Waals surface area contributed by atoms with Crippen LogP contribution in [0.5, 0.6) is 0 Å². The van der Waals surface area contributed by atoms with E-state index in [2.05, 4.69) is 56.7 Å². The maximum atomic E-state index is 4.64. The van der Waals surface area contributed by atoms with Gasteiger partial charge in [0, 0.05) is 6.42 Å². The van der Waals surface area contributed by atoms with Crippen LogP contribution in [-0.2, 0) is 6.42 Å². The SMILES string of the molecule is Cc1cc2nc(CC(C)(C)C)[nH]c2cc1C. The Hall–Kier alpha value is -1.31. The molecule has 1 N–H and O–H groups in total. The van der Waals surface area contributed by atoms with Gasteiger partial charge in [-0.2, -0.15) is 0 Å². The van der Waals surface area contributed by atoms with Crippen molar-refractivity contribution in [3.8, 4) is 0 Å². The van der Waals surface area contributed by atoms with Crippen molar-refractivity contribution < 1.29 is 0 Å². The van der Waals surface area contributed by atoms with E-state index >= 15 is 0 Å². The van der Waals surface area contributed by atoms with E-state index in [1.165, 1.54) is 11.1 Å². The normalized spacial score (nSPS) is 12.3. The fraction of sp³-hybridized carbons (Fsp3) is 0.500. The molecule has 1 aromatic carbocycles. The van der Waals surface area contributed by atoms with Crippen molar-refractivity contribution >= 4 is 11.0 Å². The minimum absolute atomic E-state index is 0.276. The van der Waals surface area contributed by atoms with Gasteiger partial charge in [-0.3, -0.25) is 0 Å². The highest BCUT2D eigenvalue weighted by atomic mass is 14.9. The number of nitrogens with one attached hydrogen (secondary N) is 1. The van der Waals surface area contributed by atoms with Gasteiger partial charge in [0.2, 0.25) is 0 Å². The smallest absolute Gasteiger partial charge is 0.107 e. The molecule has 2 nitrogen and oxygen atoms in total. The van der Waals surface area contributed by atoms with Crippen molar-refractivity contribution in [3.05, 3.63) is 29.1 Å². The van der Waals surface area contributed by atoms with Crippen molar-refractivity contribution in [2.45, 2.75) is 41.0 Å². The molecule has 1 aromatic heterocycles. The van der Waals surface area contributed by atoms with Gasteiger partial charge in [-0.1, -0.05) is 20.8 Å². The molecule has 0 saturated carbocycles. The summed E-state index contributed by atoms with van der Waals surface area (Å²) in [5.41, 5.74) is 5.14. The summed E-state index contributed by atoms with van der Waals surface area (Å²) in [4.78, 5) is 8.05. The highest BCUT2D eigenvalue weighted by Gasteiger charge is 2.14. The molecule has 0 unspecified atom stereocenters. The van der Waals surface area contributed by atoms with E-state index in [1.807, 2.05) is 0 Å². The van der Waals surface area contributed by atoms with Crippen LogP contribution in [0.25, 0.3) is 11.0 Å². The van der Waals surface area contributed by atoms with E-state index in [4.69, 9.17) is 0 Å². The molecule has 0 amide bonds. The van der Waals surface area contributed by atoms with Crippen LogP contribution in [0.15, 0.2) is 12.1 Å². The lowest BCUT2D eigenvalue weighted by Crippen LogP contribution is -2.10. The summed E-state index contributed by atoms with van der Waals surface area (Å²) in [6.07, 6.45) is 0.986. The first-order chi connectivity index (χ1) is 7.35. The molecular formula is C14H20N2. The third kappa shape index (κ3) is 2.26. The number of hydrogen-bond acceptors (Lipinski definition) is 1. The van der Waals surface area contributed by atoms with Crippen LogP contribution in [0.2, 0.25) is 0 Å². The molecular weight excluding hydrogens is 196 g/mol. The summed E-state index contributed by atoms with van der Waals surface area (Å²) in [7, 11) is 0. The number of aryl methyl sites for hydroxylation is 2. The number of nitrogens with zero attached hydrogens (tertiary/aromatic N) is 1. The predicted molar refractivity (Wildman–Crippen MR) is 68.7 cm³/mol. The van der Waals surface area contributed by atoms with E-state index in [-0.39, 0.29) is 5.41 Å². The van der Waals surface area contributed by atoms with E-state index in [9.17, 15) is 0 Å². The first kappa shape index (κ1) is 11.2. The monoisotopic (exact) mass is 216 g/mol. The van der Waals surface area contributed by atoms with Crippen molar-refractivity contribution in [1.29, 1.82) is 0 Å². The zero-order valence-corrected chi connectivity index (χ0v) is 10.8. The lowest BCUT2D eigenvalue weighted by Gasteiger charge is -2.15. The summed E-state index contributed by atoms with van der Waals surface area (Å²) >= 11 is 0. The van der Waals surface area contributed by atoms with Crippen molar-refractivity contribution in [2.75, 3.05) is 0 Å². The second-order valence-electron chi connectivity index (χ2n) is 5.87. The molecule has 2 aromatic rings. The third-order valence-electron chi connectivity index (χ3n) is 2.84. The minimum atomic E-state index is 0.276. The minimum Gasteiger partial charge on any atom is -0.342 e. The van der Waals surface area contributed by atoms with Crippen LogP contribution in [0, 0.1) is 19.3 Å². The quantitative estimate of drug-likeness (QED) is 0.772. The Kier molecular flexibility index (Phi) is 2.53. The Bertz CT molecular complexity index is 476. The summed E-state index contributed by atoms with van der Waals surface area (Å²) in [6, 6.07) is 4.34. The first-order valence-corrected chi connectivity index (χ1v) is 5.81. The number of benzene rings is 1. The Morgan fingerprint density at radius 2 is 1.75 bits per heavy atom. The number of hydrogen-bond donors (Lipinski definition) is 1. The molecule has 16 heavy (non-hydrogen) atoms. The first-order valence-electron chi connectivity index (χ1n) is 5.81. The molecule has 0 fully saturated rings. The van der Waals surface area contributed by atoms with Gasteiger partial charge in [-0.25, -0.2) is 4.98 Å². The van der Waals surface area contributed by atoms with Gasteiger partial charge in [0.05, 0.1) is 11.0 Å². The Morgan fingerprint density at radius 1 is 1.12 bits per heavy atom. The average molecular weight is 216 g/mol. The Labute approximate surface area is 97.1 Å². The van der Waals surface area contributed by atoms with E-state index in [0.717, 1.165) is 23.3 Å². The maximum absolute atomic E-state index is 4.64.